The van der Waals surface area contributed by atoms with E-state index in [4.69, 9.17) is 14.2 Å². The molecule has 2 heterocycles. The molecule has 2 amide bonds. The summed E-state index contributed by atoms with van der Waals surface area (Å²) in [5.41, 5.74) is 1.66. The summed E-state index contributed by atoms with van der Waals surface area (Å²) in [5.74, 6) is -2.69. The van der Waals surface area contributed by atoms with E-state index >= 15 is 0 Å². The second kappa shape index (κ2) is 12.3. The zero-order chi connectivity index (χ0) is 31.9. The number of aliphatic carboxylic acids is 1. The fraction of sp³-hybridized carbons (Fsp3) is 0.483. The van der Waals surface area contributed by atoms with Crippen molar-refractivity contribution in [2.45, 2.75) is 63.1 Å². The summed E-state index contributed by atoms with van der Waals surface area (Å²) in [6.07, 6.45) is -6.57. The molecule has 5 N–H and O–H groups in total. The maximum atomic E-state index is 13.8. The molecule has 0 radical (unpaired) electrons. The third kappa shape index (κ3) is 6.51. The maximum Gasteiger partial charge on any atom is 0.335 e. The van der Waals surface area contributed by atoms with Crippen molar-refractivity contribution in [3.63, 3.8) is 0 Å². The van der Waals surface area contributed by atoms with Crippen LogP contribution in [0.5, 0.6) is 11.5 Å². The van der Waals surface area contributed by atoms with Crippen LogP contribution in [0.2, 0.25) is 0 Å². The maximum absolute atomic E-state index is 13.8. The van der Waals surface area contributed by atoms with E-state index in [1.165, 1.54) is 23.1 Å². The molecule has 0 aromatic heterocycles. The number of fused-ring (bicyclic) bond motifs is 1. The van der Waals surface area contributed by atoms with E-state index < -0.39 is 64.2 Å². The molecule has 1 saturated carbocycles. The van der Waals surface area contributed by atoms with Crippen LogP contribution in [0, 0.1) is 5.92 Å². The number of carbonyl (C=O) groups is 3. The fourth-order valence-corrected chi connectivity index (χ4v) is 6.29. The molecule has 2 aliphatic heterocycles. The third-order valence-electron chi connectivity index (χ3n) is 7.72. The predicted octanol–water partition coefficient (Wildman–Crippen LogP) is 0.447. The Kier molecular flexibility index (Phi) is 8.87. The minimum absolute atomic E-state index is 0.0356. The lowest BCUT2D eigenvalue weighted by Gasteiger charge is -2.38. The minimum atomic E-state index is -3.64. The molecule has 0 spiro atoms. The SMILES string of the molecule is CCOc1cc(C(CS(C)(=O)=O)N2Cc3cccc(NC(=O)C4CC4)c3C2=O)ccc1O[C@@H]1O[C@H](C(=O)O)[C@@H](O)[C@H](O)[C@H]1O. The summed E-state index contributed by atoms with van der Waals surface area (Å²) >= 11 is 0. The van der Waals surface area contributed by atoms with Crippen molar-refractivity contribution in [2.24, 2.45) is 5.92 Å². The van der Waals surface area contributed by atoms with Crippen LogP contribution >= 0.6 is 0 Å². The molecule has 44 heavy (non-hydrogen) atoms. The number of aliphatic hydroxyl groups is 3. The van der Waals surface area contributed by atoms with Crippen molar-refractivity contribution in [1.29, 1.82) is 0 Å². The van der Waals surface area contributed by atoms with Crippen LogP contribution in [0.1, 0.15) is 47.3 Å². The highest BCUT2D eigenvalue weighted by atomic mass is 32.2. The van der Waals surface area contributed by atoms with Gasteiger partial charge in [0.05, 0.1) is 29.7 Å². The zero-order valence-electron chi connectivity index (χ0n) is 24.0. The highest BCUT2D eigenvalue weighted by molar-refractivity contribution is 7.90. The summed E-state index contributed by atoms with van der Waals surface area (Å²) < 4.78 is 41.8. The first kappa shape index (κ1) is 31.7. The molecule has 2 aromatic carbocycles. The second-order valence-corrected chi connectivity index (χ2v) is 13.3. The highest BCUT2D eigenvalue weighted by Gasteiger charge is 2.48. The Labute approximate surface area is 253 Å². The molecule has 14 nitrogen and oxygen atoms in total. The molecule has 1 saturated heterocycles. The summed E-state index contributed by atoms with van der Waals surface area (Å²) in [7, 11) is -3.64. The zero-order valence-corrected chi connectivity index (χ0v) is 24.8. The topological polar surface area (TPSA) is 209 Å². The van der Waals surface area contributed by atoms with Gasteiger partial charge in [0.25, 0.3) is 5.91 Å². The van der Waals surface area contributed by atoms with Gasteiger partial charge in [-0.1, -0.05) is 18.2 Å². The van der Waals surface area contributed by atoms with Crippen LogP contribution in [0.3, 0.4) is 0 Å². The Morgan fingerprint density at radius 3 is 2.45 bits per heavy atom. The van der Waals surface area contributed by atoms with Crippen LogP contribution < -0.4 is 14.8 Å². The highest BCUT2D eigenvalue weighted by Crippen LogP contribution is 2.40. The number of sulfone groups is 1. The Bertz CT molecular complexity index is 1560. The lowest BCUT2D eigenvalue weighted by atomic mass is 9.99. The number of carboxylic acid groups (broad SMARTS) is 1. The Hall–Kier alpha value is -3.76. The number of carbonyl (C=O) groups excluding carboxylic acids is 2. The summed E-state index contributed by atoms with van der Waals surface area (Å²) in [5, 5.41) is 42.7. The number of carboxylic acids is 1. The first-order valence-corrected chi connectivity index (χ1v) is 16.1. The van der Waals surface area contributed by atoms with Crippen molar-refractivity contribution in [3.05, 3.63) is 53.1 Å². The number of anilines is 1. The van der Waals surface area contributed by atoms with Crippen LogP contribution in [-0.4, -0.2) is 101 Å². The van der Waals surface area contributed by atoms with Gasteiger partial charge in [0.2, 0.25) is 12.2 Å². The van der Waals surface area contributed by atoms with Gasteiger partial charge < -0.3 is 44.9 Å². The first-order chi connectivity index (χ1) is 20.8. The summed E-state index contributed by atoms with van der Waals surface area (Å²) in [4.78, 5) is 39.2. The van der Waals surface area contributed by atoms with Gasteiger partial charge in [-0.15, -0.1) is 0 Å². The molecular formula is C29H34N2O12S. The largest absolute Gasteiger partial charge is 0.490 e. The van der Waals surface area contributed by atoms with Crippen LogP contribution in [0.15, 0.2) is 36.4 Å². The Morgan fingerprint density at radius 2 is 1.82 bits per heavy atom. The van der Waals surface area contributed by atoms with E-state index in [0.29, 0.717) is 22.4 Å². The number of ether oxygens (including phenoxy) is 3. The summed E-state index contributed by atoms with van der Waals surface area (Å²) in [6.45, 7) is 1.89. The number of nitrogens with zero attached hydrogens (tertiary/aromatic N) is 1. The smallest absolute Gasteiger partial charge is 0.335 e. The molecule has 2 aromatic rings. The Morgan fingerprint density at radius 1 is 1.09 bits per heavy atom. The van der Waals surface area contributed by atoms with Crippen molar-refractivity contribution in [1.82, 2.24) is 4.90 Å². The molecule has 15 heteroatoms. The molecule has 1 aliphatic carbocycles. The minimum Gasteiger partial charge on any atom is -0.490 e. The number of hydrogen-bond acceptors (Lipinski definition) is 11. The van der Waals surface area contributed by atoms with Crippen molar-refractivity contribution in [3.8, 4) is 11.5 Å². The van der Waals surface area contributed by atoms with Crippen molar-refractivity contribution < 1.29 is 57.4 Å². The van der Waals surface area contributed by atoms with Crippen LogP contribution in [-0.2, 0) is 30.7 Å². The van der Waals surface area contributed by atoms with E-state index in [9.17, 15) is 43.2 Å². The van der Waals surface area contributed by atoms with Gasteiger partial charge in [0, 0.05) is 18.7 Å². The number of amides is 2. The number of hydrogen-bond donors (Lipinski definition) is 5. The van der Waals surface area contributed by atoms with E-state index in [0.717, 1.165) is 19.1 Å². The lowest BCUT2D eigenvalue weighted by Crippen LogP contribution is -2.61. The summed E-state index contributed by atoms with van der Waals surface area (Å²) in [6, 6.07) is 8.47. The monoisotopic (exact) mass is 634 g/mol. The number of aliphatic hydroxyl groups excluding tert-OH is 3. The number of rotatable bonds is 11. The van der Waals surface area contributed by atoms with Gasteiger partial charge in [-0.05, 0) is 49.1 Å². The normalized spacial score (nSPS) is 25.7. The van der Waals surface area contributed by atoms with Gasteiger partial charge in [-0.2, -0.15) is 0 Å². The predicted molar refractivity (Wildman–Crippen MR) is 153 cm³/mol. The number of benzene rings is 2. The van der Waals surface area contributed by atoms with E-state index in [1.807, 2.05) is 0 Å². The van der Waals surface area contributed by atoms with Crippen molar-refractivity contribution in [2.75, 3.05) is 23.9 Å². The van der Waals surface area contributed by atoms with E-state index in [-0.39, 0.29) is 36.5 Å². The van der Waals surface area contributed by atoms with Gasteiger partial charge in [-0.3, -0.25) is 9.59 Å². The van der Waals surface area contributed by atoms with Gasteiger partial charge in [-0.25, -0.2) is 13.2 Å². The molecular weight excluding hydrogens is 600 g/mol. The first-order valence-electron chi connectivity index (χ1n) is 14.1. The molecule has 2 fully saturated rings. The lowest BCUT2D eigenvalue weighted by molar-refractivity contribution is -0.271. The van der Waals surface area contributed by atoms with E-state index in [2.05, 4.69) is 5.32 Å². The average molecular weight is 635 g/mol. The van der Waals surface area contributed by atoms with E-state index in [1.54, 1.807) is 25.1 Å². The van der Waals surface area contributed by atoms with Crippen LogP contribution in [0.25, 0.3) is 0 Å². The number of nitrogens with one attached hydrogen (secondary N) is 1. The molecule has 6 atom stereocenters. The Balaban J connectivity index is 1.45. The molecule has 0 bridgehead atoms. The average Bonchev–Trinajstić information content (AvgIpc) is 3.76. The standard InChI is InChI=1S/C29H34N2O12S/c1-3-41-20-11-15(9-10-19(20)42-29-24(34)22(32)23(33)25(43-29)28(37)38)18(13-44(2,39)40)31-12-16-5-4-6-17(21(16)27(31)36)30-26(35)14-7-8-14/h4-6,9-11,14,18,22-25,29,32-34H,3,7-8,12-13H2,1-2H3,(H,30,35)(H,37,38)/t18?,22-,23-,24+,25-,29+/m0/s1. The van der Waals surface area contributed by atoms with Crippen LogP contribution in [0.4, 0.5) is 5.69 Å². The molecule has 238 valence electrons. The van der Waals surface area contributed by atoms with Gasteiger partial charge in [0.1, 0.15) is 28.1 Å². The fourth-order valence-electron chi connectivity index (χ4n) is 5.34. The quantitative estimate of drug-likeness (QED) is 0.228. The molecule has 5 rings (SSSR count). The third-order valence-corrected chi connectivity index (χ3v) is 8.64. The van der Waals surface area contributed by atoms with Gasteiger partial charge in [0.15, 0.2) is 17.6 Å². The molecule has 3 aliphatic rings. The van der Waals surface area contributed by atoms with Crippen molar-refractivity contribution >= 4 is 33.3 Å². The van der Waals surface area contributed by atoms with Gasteiger partial charge >= 0.3 is 5.97 Å². The molecule has 1 unspecified atom stereocenters. The second-order valence-electron chi connectivity index (χ2n) is 11.1.